The van der Waals surface area contributed by atoms with Crippen LogP contribution in [0.5, 0.6) is 5.75 Å². The summed E-state index contributed by atoms with van der Waals surface area (Å²) < 4.78 is 13.2. The fourth-order valence-corrected chi connectivity index (χ4v) is 8.64. The highest BCUT2D eigenvalue weighted by molar-refractivity contribution is 7.99. The third kappa shape index (κ3) is 7.05. The monoisotopic (exact) mass is 800 g/mol. The van der Waals surface area contributed by atoms with Gasteiger partial charge in [0.25, 0.3) is 11.2 Å². The maximum atomic E-state index is 14.5. The Labute approximate surface area is 325 Å². The van der Waals surface area contributed by atoms with E-state index in [9.17, 15) is 19.7 Å². The lowest BCUT2D eigenvalue weighted by Crippen LogP contribution is -2.40. The number of benzene rings is 4. The van der Waals surface area contributed by atoms with Crippen molar-refractivity contribution in [2.24, 2.45) is 4.99 Å². The van der Waals surface area contributed by atoms with E-state index in [1.54, 1.807) is 50.4 Å². The van der Waals surface area contributed by atoms with Gasteiger partial charge >= 0.3 is 5.97 Å². The lowest BCUT2D eigenvalue weighted by Gasteiger charge is -2.28. The third-order valence-corrected chi connectivity index (χ3v) is 11.1. The lowest BCUT2D eigenvalue weighted by molar-refractivity contribution is -0.387. The number of rotatable bonds is 11. The summed E-state index contributed by atoms with van der Waals surface area (Å²) in [5.41, 5.74) is 1.77. The first-order valence-electron chi connectivity index (χ1n) is 16.7. The van der Waals surface area contributed by atoms with Gasteiger partial charge in [0.1, 0.15) is 11.8 Å². The summed E-state index contributed by atoms with van der Waals surface area (Å²) >= 11 is 14.5. The fraction of sp³-hybridized carbons (Fsp3) is 0.184. The zero-order valence-electron chi connectivity index (χ0n) is 29.0. The number of H-pyrrole nitrogens is 1. The van der Waals surface area contributed by atoms with E-state index in [1.165, 1.54) is 10.6 Å². The molecule has 54 heavy (non-hydrogen) atoms. The van der Waals surface area contributed by atoms with Crippen LogP contribution in [-0.2, 0) is 9.53 Å². The van der Waals surface area contributed by atoms with E-state index < -0.39 is 22.5 Å². The number of carbonyl (C=O) groups excluding carboxylic acids is 1. The number of fused-ring (bicyclic) bond motifs is 2. The van der Waals surface area contributed by atoms with Crippen molar-refractivity contribution >= 4 is 74.8 Å². The summed E-state index contributed by atoms with van der Waals surface area (Å²) in [5.74, 6) is 0.297. The molecule has 1 aliphatic rings. The predicted octanol–water partition coefficient (Wildman–Crippen LogP) is 7.89. The van der Waals surface area contributed by atoms with Crippen LogP contribution in [0.25, 0.3) is 28.2 Å². The molecule has 0 bridgehead atoms. The predicted molar refractivity (Wildman–Crippen MR) is 209 cm³/mol. The zero-order chi connectivity index (χ0) is 38.1. The normalized spacial score (nSPS) is 14.2. The molecular weight excluding hydrogens is 771 g/mol. The minimum atomic E-state index is -0.924. The third-order valence-electron chi connectivity index (χ3n) is 8.65. The SMILES string of the molecule is CCCC1=C(C(=O)OCC)[C@H](c2c(OC)ccc3ccccc23)n2c(s/c(=C/c3ccc(Sc4n[nH]c(-c5ccc(Cl)cc5Cl)n4)c([N+](=O)[O-])c3)c2=O)=N1. The molecule has 7 rings (SSSR count). The number of carbonyl (C=O) groups is 1. The number of aromatic nitrogens is 4. The second kappa shape index (κ2) is 15.6. The van der Waals surface area contributed by atoms with Crippen LogP contribution >= 0.6 is 46.3 Å². The molecule has 274 valence electrons. The van der Waals surface area contributed by atoms with Crippen LogP contribution < -0.4 is 19.6 Å². The molecule has 1 aliphatic heterocycles. The molecule has 4 aromatic carbocycles. The second-order valence-electron chi connectivity index (χ2n) is 12.0. The number of allylic oxidation sites excluding steroid dienone is 1. The van der Waals surface area contributed by atoms with E-state index in [0.29, 0.717) is 61.6 Å². The van der Waals surface area contributed by atoms with Crippen LogP contribution in [-0.4, -0.2) is 44.4 Å². The summed E-state index contributed by atoms with van der Waals surface area (Å²) in [4.78, 5) is 50.1. The molecule has 0 aliphatic carbocycles. The van der Waals surface area contributed by atoms with E-state index in [-0.39, 0.29) is 32.5 Å². The first-order valence-corrected chi connectivity index (χ1v) is 19.1. The molecule has 0 amide bonds. The lowest BCUT2D eigenvalue weighted by atomic mass is 9.90. The van der Waals surface area contributed by atoms with Crippen LogP contribution in [0.4, 0.5) is 5.69 Å². The summed E-state index contributed by atoms with van der Waals surface area (Å²) in [7, 11) is 1.54. The van der Waals surface area contributed by atoms with Gasteiger partial charge in [0.15, 0.2) is 10.6 Å². The van der Waals surface area contributed by atoms with Gasteiger partial charge < -0.3 is 9.47 Å². The number of methoxy groups -OCH3 is 1. The van der Waals surface area contributed by atoms with Crippen LogP contribution in [0.1, 0.15) is 43.9 Å². The molecule has 1 N–H and O–H groups in total. The van der Waals surface area contributed by atoms with Crippen molar-refractivity contribution in [3.63, 3.8) is 0 Å². The average Bonchev–Trinajstić information content (AvgIpc) is 3.74. The van der Waals surface area contributed by atoms with Gasteiger partial charge in [0.05, 0.1) is 44.4 Å². The Balaban J connectivity index is 1.34. The molecule has 1 atom stereocenters. The van der Waals surface area contributed by atoms with Gasteiger partial charge in [-0.1, -0.05) is 84.3 Å². The number of nitro groups is 1. The minimum Gasteiger partial charge on any atom is -0.496 e. The van der Waals surface area contributed by atoms with Gasteiger partial charge in [0.2, 0.25) is 5.16 Å². The van der Waals surface area contributed by atoms with Crippen molar-refractivity contribution in [2.75, 3.05) is 13.7 Å². The van der Waals surface area contributed by atoms with E-state index in [0.717, 1.165) is 33.9 Å². The Bertz CT molecular complexity index is 2690. The largest absolute Gasteiger partial charge is 0.496 e. The van der Waals surface area contributed by atoms with Crippen molar-refractivity contribution < 1.29 is 19.2 Å². The van der Waals surface area contributed by atoms with Gasteiger partial charge in [-0.2, -0.15) is 0 Å². The van der Waals surface area contributed by atoms with Gasteiger partial charge in [-0.15, -0.1) is 5.10 Å². The Hall–Kier alpha value is -5.28. The number of hydrogen-bond acceptors (Lipinski definition) is 11. The highest BCUT2D eigenvalue weighted by Crippen LogP contribution is 2.41. The van der Waals surface area contributed by atoms with Crippen LogP contribution in [0.2, 0.25) is 10.0 Å². The highest BCUT2D eigenvalue weighted by atomic mass is 35.5. The van der Waals surface area contributed by atoms with Crippen molar-refractivity contribution in [3.05, 3.63) is 135 Å². The Morgan fingerprint density at radius 2 is 1.93 bits per heavy atom. The first kappa shape index (κ1) is 37.1. The molecule has 0 spiro atoms. The maximum Gasteiger partial charge on any atom is 0.338 e. The Morgan fingerprint density at radius 1 is 1.11 bits per heavy atom. The number of aromatic amines is 1. The molecule has 16 heteroatoms. The van der Waals surface area contributed by atoms with Crippen molar-refractivity contribution in [3.8, 4) is 17.1 Å². The summed E-state index contributed by atoms with van der Waals surface area (Å²) in [5, 5.41) is 22.1. The number of nitrogens with zero attached hydrogens (tertiary/aromatic N) is 5. The Morgan fingerprint density at radius 3 is 2.67 bits per heavy atom. The number of esters is 1. The van der Waals surface area contributed by atoms with Gasteiger partial charge in [-0.25, -0.2) is 14.8 Å². The smallest absolute Gasteiger partial charge is 0.338 e. The zero-order valence-corrected chi connectivity index (χ0v) is 32.1. The van der Waals surface area contributed by atoms with Crippen molar-refractivity contribution in [1.29, 1.82) is 0 Å². The summed E-state index contributed by atoms with van der Waals surface area (Å²) in [6, 6.07) is 20.1. The van der Waals surface area contributed by atoms with E-state index in [2.05, 4.69) is 15.2 Å². The minimum absolute atomic E-state index is 0.132. The molecule has 0 radical (unpaired) electrons. The topological polar surface area (TPSA) is 155 Å². The number of halogens is 2. The van der Waals surface area contributed by atoms with E-state index >= 15 is 0 Å². The number of nitro benzene ring substituents is 1. The molecule has 12 nitrogen and oxygen atoms in total. The molecule has 0 saturated heterocycles. The fourth-order valence-electron chi connectivity index (χ4n) is 6.33. The molecule has 0 unspecified atom stereocenters. The first-order chi connectivity index (χ1) is 26.1. The van der Waals surface area contributed by atoms with Crippen LogP contribution in [0.3, 0.4) is 0 Å². The molecule has 0 fully saturated rings. The Kier molecular flexibility index (Phi) is 10.7. The van der Waals surface area contributed by atoms with Gasteiger partial charge in [-0.05, 0) is 77.9 Å². The second-order valence-corrected chi connectivity index (χ2v) is 14.9. The molecule has 3 heterocycles. The number of nitrogens with one attached hydrogen (secondary N) is 1. The number of hydrogen-bond donors (Lipinski definition) is 1. The standard InChI is InChI=1S/C38H30Cl2N6O6S2/c1-4-8-26-32(36(48)52-5-2)33(31-23-10-7-6-9-21(23)12-15-28(31)51-3)45-35(47)30(54-38(45)41-26)18-20-11-16-29(27(17-20)46(49)50)53-37-42-34(43-44-37)24-14-13-22(39)19-25(24)40/h6-7,9-19,33H,4-5,8H2,1-3H3,(H,42,43,44)/b30-18+/t33-/m0/s1. The van der Waals surface area contributed by atoms with Crippen molar-refractivity contribution in [1.82, 2.24) is 19.7 Å². The van der Waals surface area contributed by atoms with E-state index in [1.807, 2.05) is 43.3 Å². The van der Waals surface area contributed by atoms with Crippen molar-refractivity contribution in [2.45, 2.75) is 42.8 Å². The average molecular weight is 802 g/mol. The summed E-state index contributed by atoms with van der Waals surface area (Å²) in [6.07, 6.45) is 2.74. The van der Waals surface area contributed by atoms with Crippen LogP contribution in [0.15, 0.2) is 104 Å². The number of thiazole rings is 1. The molecule has 6 aromatic rings. The van der Waals surface area contributed by atoms with Crippen LogP contribution in [0, 0.1) is 10.1 Å². The summed E-state index contributed by atoms with van der Waals surface area (Å²) in [6.45, 7) is 3.84. The maximum absolute atomic E-state index is 14.5. The highest BCUT2D eigenvalue weighted by Gasteiger charge is 2.37. The molecular formula is C38H30Cl2N6O6S2. The van der Waals surface area contributed by atoms with Gasteiger partial charge in [0, 0.05) is 22.2 Å². The molecule has 0 saturated carbocycles. The van der Waals surface area contributed by atoms with Gasteiger partial charge in [-0.3, -0.25) is 24.6 Å². The number of ether oxygens (including phenoxy) is 2. The quantitative estimate of drug-likeness (QED) is 0.0783. The van der Waals surface area contributed by atoms with E-state index in [4.69, 9.17) is 37.7 Å². The molecule has 2 aromatic heterocycles.